The fourth-order valence-corrected chi connectivity index (χ4v) is 2.29. The molecule has 0 radical (unpaired) electrons. The van der Waals surface area contributed by atoms with Crippen LogP contribution in [0.5, 0.6) is 0 Å². The number of nitrogens with one attached hydrogen (secondary N) is 2. The monoisotopic (exact) mass is 275 g/mol. The van der Waals surface area contributed by atoms with Crippen LogP contribution in [0.3, 0.4) is 0 Å². The first-order valence-corrected chi connectivity index (χ1v) is 7.52. The van der Waals surface area contributed by atoms with Crippen LogP contribution in [0, 0.1) is 0 Å². The molecule has 20 heavy (non-hydrogen) atoms. The molecule has 4 nitrogen and oxygen atoms in total. The number of hydrogen-bond donors (Lipinski definition) is 2. The molecule has 1 saturated carbocycles. The second-order valence-corrected chi connectivity index (χ2v) is 4.96. The van der Waals surface area contributed by atoms with E-state index in [1.807, 2.05) is 6.92 Å². The third-order valence-corrected chi connectivity index (χ3v) is 3.39. The van der Waals surface area contributed by atoms with Crippen LogP contribution in [0.1, 0.15) is 31.7 Å². The smallest absolute Gasteiger partial charge is 0.191 e. The molecule has 0 aromatic heterocycles. The van der Waals surface area contributed by atoms with Gasteiger partial charge in [0.25, 0.3) is 0 Å². The van der Waals surface area contributed by atoms with Crippen LogP contribution >= 0.6 is 0 Å². The highest BCUT2D eigenvalue weighted by Gasteiger charge is 2.38. The van der Waals surface area contributed by atoms with E-state index in [-0.39, 0.29) is 0 Å². The topological polar surface area (TPSA) is 45.7 Å². The van der Waals surface area contributed by atoms with Gasteiger partial charge >= 0.3 is 0 Å². The van der Waals surface area contributed by atoms with Gasteiger partial charge in [-0.2, -0.15) is 0 Å². The van der Waals surface area contributed by atoms with Crippen molar-refractivity contribution in [2.75, 3.05) is 26.3 Å². The number of guanidine groups is 1. The first-order chi connectivity index (χ1) is 9.85. The molecule has 0 saturated heterocycles. The highest BCUT2D eigenvalue weighted by molar-refractivity contribution is 5.80. The average molecular weight is 275 g/mol. The van der Waals surface area contributed by atoms with E-state index in [1.165, 1.54) is 12.0 Å². The van der Waals surface area contributed by atoms with E-state index in [4.69, 9.17) is 4.74 Å². The number of nitrogens with zero attached hydrogens (tertiary/aromatic N) is 1. The fourth-order valence-electron chi connectivity index (χ4n) is 2.29. The quantitative estimate of drug-likeness (QED) is 0.455. The Hall–Kier alpha value is -1.55. The van der Waals surface area contributed by atoms with E-state index < -0.39 is 0 Å². The molecule has 2 N–H and O–H groups in total. The molecule has 0 spiro atoms. The van der Waals surface area contributed by atoms with Crippen LogP contribution in [0.2, 0.25) is 0 Å². The number of aliphatic imine (C=N–C) groups is 1. The summed E-state index contributed by atoms with van der Waals surface area (Å²) < 4.78 is 5.31. The Labute approximate surface area is 121 Å². The Bertz CT molecular complexity index is 419. The van der Waals surface area contributed by atoms with Crippen LogP contribution in [-0.4, -0.2) is 38.3 Å². The standard InChI is InChI=1S/C16H25N3O/c1-3-17-16(18-10-11-20-4-2)19-15-12-14(15)13-8-6-5-7-9-13/h5-9,14-15H,3-4,10-12H2,1-2H3,(H2,17,18,19). The summed E-state index contributed by atoms with van der Waals surface area (Å²) in [5.74, 6) is 1.52. The second kappa shape index (κ2) is 7.90. The number of rotatable bonds is 7. The molecule has 0 bridgehead atoms. The Kier molecular flexibility index (Phi) is 5.87. The summed E-state index contributed by atoms with van der Waals surface area (Å²) in [6, 6.07) is 11.2. The van der Waals surface area contributed by atoms with Gasteiger partial charge in [0.2, 0.25) is 0 Å². The maximum Gasteiger partial charge on any atom is 0.191 e. The molecule has 2 rings (SSSR count). The van der Waals surface area contributed by atoms with Crippen LogP contribution in [0.25, 0.3) is 0 Å². The summed E-state index contributed by atoms with van der Waals surface area (Å²) in [6.45, 7) is 7.09. The lowest BCUT2D eigenvalue weighted by Crippen LogP contribution is -2.39. The van der Waals surface area contributed by atoms with Gasteiger partial charge in [-0.15, -0.1) is 0 Å². The molecule has 1 fully saturated rings. The average Bonchev–Trinajstić information content (AvgIpc) is 3.24. The van der Waals surface area contributed by atoms with Gasteiger partial charge in [-0.1, -0.05) is 30.3 Å². The third-order valence-electron chi connectivity index (χ3n) is 3.39. The molecule has 4 heteroatoms. The molecule has 1 aromatic carbocycles. The Morgan fingerprint density at radius 3 is 2.80 bits per heavy atom. The maximum absolute atomic E-state index is 5.31. The molecule has 1 aromatic rings. The van der Waals surface area contributed by atoms with Crippen molar-refractivity contribution in [1.29, 1.82) is 0 Å². The highest BCUT2D eigenvalue weighted by atomic mass is 16.5. The lowest BCUT2D eigenvalue weighted by molar-refractivity contribution is 0.155. The lowest BCUT2D eigenvalue weighted by atomic mass is 10.1. The van der Waals surface area contributed by atoms with Crippen molar-refractivity contribution in [3.05, 3.63) is 35.9 Å². The normalized spacial score (nSPS) is 21.6. The van der Waals surface area contributed by atoms with E-state index >= 15 is 0 Å². The molecule has 0 heterocycles. The van der Waals surface area contributed by atoms with E-state index in [1.54, 1.807) is 0 Å². The van der Waals surface area contributed by atoms with Crippen molar-refractivity contribution in [3.63, 3.8) is 0 Å². The van der Waals surface area contributed by atoms with E-state index in [2.05, 4.69) is 52.9 Å². The van der Waals surface area contributed by atoms with E-state index in [9.17, 15) is 0 Å². The van der Waals surface area contributed by atoms with Gasteiger partial charge in [-0.25, -0.2) is 0 Å². The SMILES string of the molecule is CCNC(=NCCOCC)NC1CC1c1ccccc1. The minimum atomic E-state index is 0.502. The van der Waals surface area contributed by atoms with Crippen LogP contribution in [0.15, 0.2) is 35.3 Å². The molecule has 2 atom stereocenters. The van der Waals surface area contributed by atoms with Gasteiger partial charge in [0.05, 0.1) is 13.2 Å². The van der Waals surface area contributed by atoms with E-state index in [0.29, 0.717) is 25.1 Å². The Morgan fingerprint density at radius 2 is 2.10 bits per heavy atom. The molecule has 0 aliphatic heterocycles. The van der Waals surface area contributed by atoms with Crippen LogP contribution < -0.4 is 10.6 Å². The highest BCUT2D eigenvalue weighted by Crippen LogP contribution is 2.40. The van der Waals surface area contributed by atoms with E-state index in [0.717, 1.165) is 19.1 Å². The zero-order valence-corrected chi connectivity index (χ0v) is 12.4. The van der Waals surface area contributed by atoms with Gasteiger partial charge in [-0.3, -0.25) is 4.99 Å². The Balaban J connectivity index is 1.81. The second-order valence-electron chi connectivity index (χ2n) is 4.96. The zero-order valence-electron chi connectivity index (χ0n) is 12.4. The van der Waals surface area contributed by atoms with Crippen LogP contribution in [-0.2, 0) is 4.74 Å². The Morgan fingerprint density at radius 1 is 1.30 bits per heavy atom. The van der Waals surface area contributed by atoms with Crippen LogP contribution in [0.4, 0.5) is 0 Å². The van der Waals surface area contributed by atoms with Crippen molar-refractivity contribution in [2.24, 2.45) is 4.99 Å². The lowest BCUT2D eigenvalue weighted by Gasteiger charge is -2.11. The van der Waals surface area contributed by atoms with Crippen molar-refractivity contribution >= 4 is 5.96 Å². The number of hydrogen-bond acceptors (Lipinski definition) is 2. The summed E-state index contributed by atoms with van der Waals surface area (Å²) in [5, 5.41) is 6.79. The molecule has 2 unspecified atom stereocenters. The van der Waals surface area contributed by atoms with Crippen molar-refractivity contribution in [3.8, 4) is 0 Å². The molecule has 0 amide bonds. The van der Waals surface area contributed by atoms with Gasteiger partial charge in [-0.05, 0) is 25.8 Å². The fraction of sp³-hybridized carbons (Fsp3) is 0.562. The molecular weight excluding hydrogens is 250 g/mol. The van der Waals surface area contributed by atoms with Crippen molar-refractivity contribution in [2.45, 2.75) is 32.2 Å². The molecule has 110 valence electrons. The predicted molar refractivity (Wildman–Crippen MR) is 83.2 cm³/mol. The minimum absolute atomic E-state index is 0.502. The first kappa shape index (κ1) is 14.9. The number of benzene rings is 1. The molecular formula is C16H25N3O. The van der Waals surface area contributed by atoms with Gasteiger partial charge < -0.3 is 15.4 Å². The van der Waals surface area contributed by atoms with Crippen molar-refractivity contribution < 1.29 is 4.74 Å². The minimum Gasteiger partial charge on any atom is -0.380 e. The maximum atomic E-state index is 5.31. The zero-order chi connectivity index (χ0) is 14.2. The summed E-state index contributed by atoms with van der Waals surface area (Å²) in [4.78, 5) is 4.53. The van der Waals surface area contributed by atoms with Gasteiger partial charge in [0.1, 0.15) is 0 Å². The first-order valence-electron chi connectivity index (χ1n) is 7.52. The summed E-state index contributed by atoms with van der Waals surface area (Å²) in [5.41, 5.74) is 1.41. The molecule has 1 aliphatic carbocycles. The predicted octanol–water partition coefficient (Wildman–Crippen LogP) is 2.13. The summed E-state index contributed by atoms with van der Waals surface area (Å²) in [6.07, 6.45) is 1.18. The summed E-state index contributed by atoms with van der Waals surface area (Å²) >= 11 is 0. The largest absolute Gasteiger partial charge is 0.380 e. The number of ether oxygens (including phenoxy) is 1. The van der Waals surface area contributed by atoms with Gasteiger partial charge in [0, 0.05) is 25.1 Å². The molecule has 1 aliphatic rings. The third kappa shape index (κ3) is 4.53. The van der Waals surface area contributed by atoms with Gasteiger partial charge in [0.15, 0.2) is 5.96 Å². The van der Waals surface area contributed by atoms with Crippen molar-refractivity contribution in [1.82, 2.24) is 10.6 Å². The summed E-state index contributed by atoms with van der Waals surface area (Å²) in [7, 11) is 0.